The maximum Gasteiger partial charge on any atom is 0.141 e. The van der Waals surface area contributed by atoms with Crippen molar-refractivity contribution in [3.63, 3.8) is 0 Å². The van der Waals surface area contributed by atoms with Gasteiger partial charge in [0, 0.05) is 11.6 Å². The molecule has 0 fully saturated rings. The molecule has 0 unspecified atom stereocenters. The third kappa shape index (κ3) is 2.72. The predicted octanol–water partition coefficient (Wildman–Crippen LogP) is 3.17. The maximum atomic E-state index is 5.71. The summed E-state index contributed by atoms with van der Waals surface area (Å²) < 4.78 is 5.71. The normalized spacial score (nSPS) is 11.9. The van der Waals surface area contributed by atoms with Crippen LogP contribution in [0.25, 0.3) is 0 Å². The molecule has 0 aliphatic carbocycles. The fourth-order valence-electron chi connectivity index (χ4n) is 1.30. The maximum absolute atomic E-state index is 5.71. The smallest absolute Gasteiger partial charge is 0.141 e. The van der Waals surface area contributed by atoms with Crippen molar-refractivity contribution in [2.24, 2.45) is 0 Å². The van der Waals surface area contributed by atoms with Crippen molar-refractivity contribution in [3.05, 3.63) is 24.0 Å². The molecule has 0 aromatic carbocycles. The summed E-state index contributed by atoms with van der Waals surface area (Å²) in [5.41, 5.74) is 1.06. The van der Waals surface area contributed by atoms with E-state index in [9.17, 15) is 0 Å². The first-order chi connectivity index (χ1) is 6.41. The molecule has 0 bridgehead atoms. The molecule has 1 heterocycles. The zero-order valence-corrected chi connectivity index (χ0v) is 9.66. The van der Waals surface area contributed by atoms with E-state index in [0.29, 0.717) is 0 Å². The molecular weight excluding hydrogens is 174 g/mol. The molecule has 2 heteroatoms. The van der Waals surface area contributed by atoms with Crippen LogP contribution in [0.2, 0.25) is 0 Å². The minimum absolute atomic E-state index is 0.0332. The average molecular weight is 193 g/mol. The molecule has 14 heavy (non-hydrogen) atoms. The average Bonchev–Trinajstić information content (AvgIpc) is 2.01. The number of rotatable bonds is 2. The van der Waals surface area contributed by atoms with E-state index in [0.717, 1.165) is 11.4 Å². The van der Waals surface area contributed by atoms with Crippen molar-refractivity contribution in [1.29, 1.82) is 0 Å². The Bertz CT molecular complexity index is 299. The van der Waals surface area contributed by atoms with Gasteiger partial charge < -0.3 is 4.74 Å². The second kappa shape index (κ2) is 3.99. The molecule has 0 atom stereocenters. The summed E-state index contributed by atoms with van der Waals surface area (Å²) in [7, 11) is 0. The molecule has 1 rings (SSSR count). The molecule has 0 radical (unpaired) electrons. The Labute approximate surface area is 86.3 Å². The lowest BCUT2D eigenvalue weighted by molar-refractivity contribution is 0.235. The van der Waals surface area contributed by atoms with E-state index in [1.807, 2.05) is 32.2 Å². The highest BCUT2D eigenvalue weighted by Gasteiger charge is 2.20. The summed E-state index contributed by atoms with van der Waals surface area (Å²) in [6.07, 6.45) is 2.01. The fraction of sp³-hybridized carbons (Fsp3) is 0.583. The molecule has 0 amide bonds. The van der Waals surface area contributed by atoms with Gasteiger partial charge in [0.15, 0.2) is 0 Å². The highest BCUT2D eigenvalue weighted by Crippen LogP contribution is 2.29. The molecule has 1 aromatic heterocycles. The number of hydrogen-bond donors (Lipinski definition) is 0. The number of pyridine rings is 1. The monoisotopic (exact) mass is 193 g/mol. The Morgan fingerprint density at radius 1 is 1.29 bits per heavy atom. The van der Waals surface area contributed by atoms with Gasteiger partial charge in [0.1, 0.15) is 5.75 Å². The van der Waals surface area contributed by atoms with Gasteiger partial charge in [-0.05, 0) is 26.0 Å². The third-order valence-electron chi connectivity index (χ3n) is 1.84. The fourth-order valence-corrected chi connectivity index (χ4v) is 1.30. The van der Waals surface area contributed by atoms with Crippen LogP contribution in [0.5, 0.6) is 5.75 Å². The van der Waals surface area contributed by atoms with Crippen molar-refractivity contribution < 1.29 is 4.74 Å². The minimum Gasteiger partial charge on any atom is -0.489 e. The van der Waals surface area contributed by atoms with Gasteiger partial charge in [-0.1, -0.05) is 20.8 Å². The third-order valence-corrected chi connectivity index (χ3v) is 1.84. The summed E-state index contributed by atoms with van der Waals surface area (Å²) in [4.78, 5) is 4.38. The molecule has 0 spiro atoms. The Morgan fingerprint density at radius 2 is 1.93 bits per heavy atom. The van der Waals surface area contributed by atoms with E-state index < -0.39 is 0 Å². The van der Waals surface area contributed by atoms with Crippen LogP contribution in [-0.4, -0.2) is 11.1 Å². The van der Waals surface area contributed by atoms with Crippen molar-refractivity contribution in [2.75, 3.05) is 0 Å². The summed E-state index contributed by atoms with van der Waals surface area (Å²) in [6.45, 7) is 10.5. The lowest BCUT2D eigenvalue weighted by atomic mass is 9.91. The molecule has 0 aliphatic heterocycles. The standard InChI is InChI=1S/C12H19NO/c1-9(2)14-10-7-6-8-13-11(10)12(3,4)5/h6-9H,1-5H3. The lowest BCUT2D eigenvalue weighted by Gasteiger charge is -2.22. The van der Waals surface area contributed by atoms with Crippen molar-refractivity contribution in [2.45, 2.75) is 46.1 Å². The zero-order chi connectivity index (χ0) is 10.8. The second-order valence-electron chi connectivity index (χ2n) is 4.77. The number of ether oxygens (including phenoxy) is 1. The van der Waals surface area contributed by atoms with Gasteiger partial charge >= 0.3 is 0 Å². The van der Waals surface area contributed by atoms with E-state index in [4.69, 9.17) is 4.74 Å². The first kappa shape index (κ1) is 11.0. The summed E-state index contributed by atoms with van der Waals surface area (Å²) in [5.74, 6) is 0.898. The van der Waals surface area contributed by atoms with E-state index >= 15 is 0 Å². The number of aromatic nitrogens is 1. The van der Waals surface area contributed by atoms with Crippen LogP contribution in [0.1, 0.15) is 40.3 Å². The largest absolute Gasteiger partial charge is 0.489 e. The molecule has 78 valence electrons. The van der Waals surface area contributed by atoms with Gasteiger partial charge in [0.2, 0.25) is 0 Å². The van der Waals surface area contributed by atoms with E-state index in [2.05, 4.69) is 25.8 Å². The van der Waals surface area contributed by atoms with Gasteiger partial charge in [-0.3, -0.25) is 4.98 Å². The number of nitrogens with zero attached hydrogens (tertiary/aromatic N) is 1. The Hall–Kier alpha value is -1.05. The highest BCUT2D eigenvalue weighted by molar-refractivity contribution is 5.32. The Morgan fingerprint density at radius 3 is 2.43 bits per heavy atom. The summed E-state index contributed by atoms with van der Waals surface area (Å²) in [6, 6.07) is 3.89. The van der Waals surface area contributed by atoms with Gasteiger partial charge in [0.05, 0.1) is 11.8 Å². The Balaban J connectivity index is 3.04. The molecule has 2 nitrogen and oxygen atoms in total. The quantitative estimate of drug-likeness (QED) is 0.719. The van der Waals surface area contributed by atoms with Crippen LogP contribution in [0.15, 0.2) is 18.3 Å². The van der Waals surface area contributed by atoms with Gasteiger partial charge in [0.25, 0.3) is 0 Å². The highest BCUT2D eigenvalue weighted by atomic mass is 16.5. The lowest BCUT2D eigenvalue weighted by Crippen LogP contribution is -2.17. The van der Waals surface area contributed by atoms with Crippen LogP contribution < -0.4 is 4.74 Å². The van der Waals surface area contributed by atoms with Gasteiger partial charge in [-0.2, -0.15) is 0 Å². The Kier molecular flexibility index (Phi) is 3.14. The molecule has 0 N–H and O–H groups in total. The van der Waals surface area contributed by atoms with Crippen LogP contribution in [0.3, 0.4) is 0 Å². The molecular formula is C12H19NO. The van der Waals surface area contributed by atoms with E-state index in [1.54, 1.807) is 0 Å². The van der Waals surface area contributed by atoms with E-state index in [-0.39, 0.29) is 11.5 Å². The van der Waals surface area contributed by atoms with Crippen LogP contribution in [-0.2, 0) is 5.41 Å². The van der Waals surface area contributed by atoms with Crippen LogP contribution in [0.4, 0.5) is 0 Å². The molecule has 0 saturated heterocycles. The predicted molar refractivity (Wildman–Crippen MR) is 58.7 cm³/mol. The second-order valence-corrected chi connectivity index (χ2v) is 4.77. The molecule has 0 saturated carbocycles. The molecule has 0 aliphatic rings. The summed E-state index contributed by atoms with van der Waals surface area (Å²) in [5, 5.41) is 0. The van der Waals surface area contributed by atoms with Crippen LogP contribution in [0, 0.1) is 0 Å². The first-order valence-electron chi connectivity index (χ1n) is 5.03. The van der Waals surface area contributed by atoms with Crippen LogP contribution >= 0.6 is 0 Å². The zero-order valence-electron chi connectivity index (χ0n) is 9.66. The van der Waals surface area contributed by atoms with Gasteiger partial charge in [-0.15, -0.1) is 0 Å². The molecule has 1 aromatic rings. The topological polar surface area (TPSA) is 22.1 Å². The van der Waals surface area contributed by atoms with Crippen molar-refractivity contribution in [3.8, 4) is 5.75 Å². The minimum atomic E-state index is 0.0332. The van der Waals surface area contributed by atoms with Crippen molar-refractivity contribution in [1.82, 2.24) is 4.98 Å². The van der Waals surface area contributed by atoms with Crippen molar-refractivity contribution >= 4 is 0 Å². The van der Waals surface area contributed by atoms with E-state index in [1.165, 1.54) is 0 Å². The first-order valence-corrected chi connectivity index (χ1v) is 5.03. The summed E-state index contributed by atoms with van der Waals surface area (Å²) >= 11 is 0. The number of hydrogen-bond acceptors (Lipinski definition) is 2. The SMILES string of the molecule is CC(C)Oc1cccnc1C(C)(C)C. The van der Waals surface area contributed by atoms with Gasteiger partial charge in [-0.25, -0.2) is 0 Å².